The minimum atomic E-state index is -1.06. The zero-order valence-corrected chi connectivity index (χ0v) is 16.1. The van der Waals surface area contributed by atoms with Gasteiger partial charge in [-0.2, -0.15) is 0 Å². The number of rotatable bonds is 9. The number of benzene rings is 1. The first-order valence-electron chi connectivity index (χ1n) is 7.36. The predicted octanol–water partition coefficient (Wildman–Crippen LogP) is 3.20. The van der Waals surface area contributed by atoms with Gasteiger partial charge in [-0.1, -0.05) is 42.4 Å². The molecule has 1 unspecified atom stereocenters. The van der Waals surface area contributed by atoms with Crippen LogP contribution in [0.4, 0.5) is 5.69 Å². The number of methoxy groups -OCH3 is 1. The van der Waals surface area contributed by atoms with E-state index in [9.17, 15) is 20.0 Å². The molecular weight excluding hydrogens is 368 g/mol. The number of carboxylic acid groups (broad SMARTS) is 1. The Kier molecular flexibility index (Phi) is 7.84. The fourth-order valence-corrected chi connectivity index (χ4v) is 4.45. The Morgan fingerprint density at radius 2 is 2.08 bits per heavy atom. The van der Waals surface area contributed by atoms with Crippen LogP contribution < -0.4 is 10.1 Å². The number of aromatic hydroxyl groups is 1. The number of hydrogen-bond donors (Lipinski definition) is 3. The predicted molar refractivity (Wildman–Crippen MR) is 99.5 cm³/mol. The molecule has 0 amide bonds. The van der Waals surface area contributed by atoms with Gasteiger partial charge in [-0.3, -0.25) is 20.2 Å². The Hall–Kier alpha value is -1.65. The summed E-state index contributed by atoms with van der Waals surface area (Å²) in [6.45, 7) is 5.77. The molecule has 0 spiro atoms. The summed E-state index contributed by atoms with van der Waals surface area (Å²) in [7, 11) is 4.43. The molecule has 140 valence electrons. The minimum absolute atomic E-state index is 0.0133. The van der Waals surface area contributed by atoms with Crippen molar-refractivity contribution in [3.8, 4) is 11.5 Å². The molecule has 1 rings (SSSR count). The zero-order valence-electron chi connectivity index (χ0n) is 14.4. The third-order valence-electron chi connectivity index (χ3n) is 2.94. The Bertz CT molecular complexity index is 633. The van der Waals surface area contributed by atoms with Crippen LogP contribution in [0.15, 0.2) is 12.1 Å². The molecule has 0 bridgehead atoms. The monoisotopic (exact) mass is 390 g/mol. The molecule has 1 aromatic rings. The second kappa shape index (κ2) is 9.16. The van der Waals surface area contributed by atoms with Gasteiger partial charge in [0.15, 0.2) is 11.5 Å². The van der Waals surface area contributed by atoms with Crippen molar-refractivity contribution in [2.45, 2.75) is 31.6 Å². The van der Waals surface area contributed by atoms with Crippen LogP contribution in [-0.4, -0.2) is 45.3 Å². The Morgan fingerprint density at radius 3 is 2.56 bits per heavy atom. The van der Waals surface area contributed by atoms with E-state index in [2.05, 4.69) is 5.32 Å². The molecule has 0 fully saturated rings. The third-order valence-corrected chi connectivity index (χ3v) is 6.29. The van der Waals surface area contributed by atoms with Crippen molar-refractivity contribution >= 4 is 33.2 Å². The smallest absolute Gasteiger partial charge is 0.317 e. The molecule has 0 heterocycles. The highest BCUT2D eigenvalue weighted by Crippen LogP contribution is 2.41. The van der Waals surface area contributed by atoms with Crippen molar-refractivity contribution in [2.24, 2.45) is 0 Å². The maximum absolute atomic E-state index is 11.3. The van der Waals surface area contributed by atoms with E-state index in [0.29, 0.717) is 5.75 Å². The Balaban J connectivity index is 3.17. The summed E-state index contributed by atoms with van der Waals surface area (Å²) >= 11 is 0. The number of nitrogens with zero attached hydrogens (tertiary/aromatic N) is 1. The first-order valence-corrected chi connectivity index (χ1v) is 9.68. The number of nitro groups is 1. The summed E-state index contributed by atoms with van der Waals surface area (Å²) in [5.41, 5.74) is -0.0227. The van der Waals surface area contributed by atoms with Crippen molar-refractivity contribution < 1.29 is 24.7 Å². The molecule has 0 aliphatic rings. The normalized spacial score (nSPS) is 12.6. The van der Waals surface area contributed by atoms with Gasteiger partial charge >= 0.3 is 5.97 Å². The van der Waals surface area contributed by atoms with E-state index < -0.39 is 16.9 Å². The topological polar surface area (TPSA) is 122 Å². The van der Waals surface area contributed by atoms with Crippen molar-refractivity contribution in [1.29, 1.82) is 0 Å². The van der Waals surface area contributed by atoms with Gasteiger partial charge in [-0.05, 0) is 6.07 Å². The van der Waals surface area contributed by atoms with Gasteiger partial charge in [0.25, 0.3) is 5.69 Å². The molecule has 0 radical (unpaired) electrons. The number of phenolic OH excluding ortho intramolecular Hbond substituents is 1. The van der Waals surface area contributed by atoms with Crippen molar-refractivity contribution in [3.05, 3.63) is 27.8 Å². The first-order chi connectivity index (χ1) is 11.5. The van der Waals surface area contributed by atoms with Crippen LogP contribution in [0, 0.1) is 10.1 Å². The van der Waals surface area contributed by atoms with Gasteiger partial charge in [0.1, 0.15) is 0 Å². The quantitative estimate of drug-likeness (QED) is 0.331. The molecule has 0 aliphatic carbocycles. The molecule has 0 saturated heterocycles. The average molecular weight is 390 g/mol. The molecule has 0 aromatic heterocycles. The van der Waals surface area contributed by atoms with E-state index in [-0.39, 0.29) is 34.0 Å². The number of carbonyl (C=O) groups is 1. The standard InChI is InChI=1S/C15H22N2O6S2/c1-15(2,3)25-24-8-10(16-7-14(19)20)9-5-13(23-4)12(18)6-11(9)17(21)22/h5-6,10,16,18H,7-8H2,1-4H3,(H,19,20). The zero-order chi connectivity index (χ0) is 19.2. The van der Waals surface area contributed by atoms with E-state index in [1.54, 1.807) is 10.8 Å². The Morgan fingerprint density at radius 1 is 1.44 bits per heavy atom. The molecule has 25 heavy (non-hydrogen) atoms. The lowest BCUT2D eigenvalue weighted by Crippen LogP contribution is -2.29. The van der Waals surface area contributed by atoms with Crippen LogP contribution in [0.3, 0.4) is 0 Å². The number of ether oxygens (including phenoxy) is 1. The van der Waals surface area contributed by atoms with Gasteiger partial charge in [0.2, 0.25) is 0 Å². The second-order valence-electron chi connectivity index (χ2n) is 6.15. The maximum Gasteiger partial charge on any atom is 0.317 e. The molecule has 10 heteroatoms. The number of hydrogen-bond acceptors (Lipinski definition) is 8. The fourth-order valence-electron chi connectivity index (χ4n) is 1.92. The number of aliphatic carboxylic acids is 1. The molecule has 0 aliphatic heterocycles. The number of carboxylic acids is 1. The molecule has 1 atom stereocenters. The molecule has 8 nitrogen and oxygen atoms in total. The average Bonchev–Trinajstić information content (AvgIpc) is 2.49. The van der Waals surface area contributed by atoms with E-state index >= 15 is 0 Å². The van der Waals surface area contributed by atoms with Crippen molar-refractivity contribution in [2.75, 3.05) is 19.4 Å². The molecular formula is C15H22N2O6S2. The Labute approximate surface area is 153 Å². The highest BCUT2D eigenvalue weighted by atomic mass is 33.1. The van der Waals surface area contributed by atoms with E-state index in [4.69, 9.17) is 9.84 Å². The van der Waals surface area contributed by atoms with Crippen LogP contribution in [-0.2, 0) is 4.79 Å². The van der Waals surface area contributed by atoms with Gasteiger partial charge < -0.3 is 14.9 Å². The van der Waals surface area contributed by atoms with Crippen LogP contribution in [0.5, 0.6) is 11.5 Å². The van der Waals surface area contributed by atoms with Crippen LogP contribution in [0.25, 0.3) is 0 Å². The number of nitro benzene ring substituents is 1. The minimum Gasteiger partial charge on any atom is -0.504 e. The summed E-state index contributed by atoms with van der Waals surface area (Å²) < 4.78 is 5.01. The highest BCUT2D eigenvalue weighted by Gasteiger charge is 2.26. The maximum atomic E-state index is 11.3. The van der Waals surface area contributed by atoms with Crippen molar-refractivity contribution in [3.63, 3.8) is 0 Å². The SMILES string of the molecule is COc1cc(C(CSSC(C)(C)C)NCC(=O)O)c([N+](=O)[O-])cc1O. The van der Waals surface area contributed by atoms with Crippen LogP contribution >= 0.6 is 21.6 Å². The summed E-state index contributed by atoms with van der Waals surface area (Å²) in [6.07, 6.45) is 0. The fraction of sp³-hybridized carbons (Fsp3) is 0.533. The first kappa shape index (κ1) is 21.4. The van der Waals surface area contributed by atoms with E-state index in [1.807, 2.05) is 20.8 Å². The lowest BCUT2D eigenvalue weighted by Gasteiger charge is -2.21. The van der Waals surface area contributed by atoms with Crippen molar-refractivity contribution in [1.82, 2.24) is 5.32 Å². The summed E-state index contributed by atoms with van der Waals surface area (Å²) in [4.78, 5) is 21.6. The van der Waals surface area contributed by atoms with Crippen LogP contribution in [0.2, 0.25) is 0 Å². The third kappa shape index (κ3) is 7.00. The second-order valence-corrected chi connectivity index (χ2v) is 9.31. The molecule has 3 N–H and O–H groups in total. The lowest BCUT2D eigenvalue weighted by atomic mass is 10.0. The number of nitrogens with one attached hydrogen (secondary N) is 1. The molecule has 1 aromatic carbocycles. The van der Waals surface area contributed by atoms with E-state index in [0.717, 1.165) is 6.07 Å². The summed E-state index contributed by atoms with van der Waals surface area (Å²) in [5, 5.41) is 32.9. The summed E-state index contributed by atoms with van der Waals surface area (Å²) in [5.74, 6) is -0.904. The number of phenols is 1. The van der Waals surface area contributed by atoms with Crippen LogP contribution in [0.1, 0.15) is 32.4 Å². The van der Waals surface area contributed by atoms with Gasteiger partial charge in [0, 0.05) is 16.5 Å². The summed E-state index contributed by atoms with van der Waals surface area (Å²) in [6, 6.07) is 1.80. The van der Waals surface area contributed by atoms with E-state index in [1.165, 1.54) is 24.0 Å². The lowest BCUT2D eigenvalue weighted by molar-refractivity contribution is -0.385. The van der Waals surface area contributed by atoms with Gasteiger partial charge in [-0.25, -0.2) is 0 Å². The van der Waals surface area contributed by atoms with Gasteiger partial charge in [-0.15, -0.1) is 0 Å². The largest absolute Gasteiger partial charge is 0.504 e. The highest BCUT2D eigenvalue weighted by molar-refractivity contribution is 8.77. The molecule has 0 saturated carbocycles. The van der Waals surface area contributed by atoms with Gasteiger partial charge in [0.05, 0.1) is 30.2 Å².